The third-order valence-corrected chi connectivity index (χ3v) is 4.94. The Morgan fingerprint density at radius 2 is 1.60 bits per heavy atom. The second-order valence-corrected chi connectivity index (χ2v) is 6.69. The van der Waals surface area contributed by atoms with Crippen LogP contribution in [0.15, 0.2) is 23.0 Å². The summed E-state index contributed by atoms with van der Waals surface area (Å²) in [6, 6.07) is 4.63. The first-order chi connectivity index (χ1) is 14.5. The molecule has 0 N–H and O–H groups in total. The summed E-state index contributed by atoms with van der Waals surface area (Å²) >= 11 is 0. The topological polar surface area (TPSA) is 68.2 Å². The fourth-order valence-corrected chi connectivity index (χ4v) is 3.56. The molecule has 7 nitrogen and oxygen atoms in total. The number of hydrogen-bond donors (Lipinski definition) is 0. The van der Waals surface area contributed by atoms with Crippen LogP contribution in [0, 0.1) is 6.92 Å². The van der Waals surface area contributed by atoms with Crippen molar-refractivity contribution in [3.05, 3.63) is 39.7 Å². The van der Waals surface area contributed by atoms with Crippen molar-refractivity contribution < 1.29 is 32.5 Å². The fraction of sp³-hybridized carbons (Fsp3) is 0.476. The second kappa shape index (κ2) is 9.90. The predicted octanol–water partition coefficient (Wildman–Crippen LogP) is 3.03. The van der Waals surface area contributed by atoms with Gasteiger partial charge < -0.3 is 28.3 Å². The molecule has 2 aromatic rings. The molecule has 4 rings (SSSR count). The molecular weight excluding hydrogens is 400 g/mol. The number of ether oxygens (including phenoxy) is 5. The van der Waals surface area contributed by atoms with Gasteiger partial charge in [0.25, 0.3) is 5.56 Å². The van der Waals surface area contributed by atoms with Gasteiger partial charge in [-0.1, -0.05) is 0 Å². The quantitative estimate of drug-likeness (QED) is 0.750. The van der Waals surface area contributed by atoms with Gasteiger partial charge in [0.05, 0.1) is 46.3 Å². The molecule has 0 radical (unpaired) electrons. The van der Waals surface area contributed by atoms with Crippen LogP contribution in [0.5, 0.6) is 17.2 Å². The zero-order valence-electron chi connectivity index (χ0n) is 17.2. The number of hydrogen-bond acceptors (Lipinski definition) is 6. The van der Waals surface area contributed by atoms with Gasteiger partial charge in [0.2, 0.25) is 0 Å². The minimum Gasteiger partial charge on any atom is -0.496 e. The van der Waals surface area contributed by atoms with E-state index in [9.17, 15) is 13.6 Å². The summed E-state index contributed by atoms with van der Waals surface area (Å²) in [6.45, 7) is 2.50. The zero-order valence-corrected chi connectivity index (χ0v) is 17.2. The second-order valence-electron chi connectivity index (χ2n) is 6.69. The number of aryl methyl sites for hydroxylation is 1. The lowest BCUT2D eigenvalue weighted by molar-refractivity contribution is -0.0512. The molecule has 0 bridgehead atoms. The maximum absolute atomic E-state index is 12.6. The standard InChI is InChI=1S/C17H17F2NO4.C4H8O2/c1-9-12(22-2)8-15(21)20-5-4-10-6-14(24-17(18)19)13(23-3)7-11(10)16(9)20;1-2-6-4-3-5-1/h6-8,17H,4-5H2,1-3H3;1-4H2. The summed E-state index contributed by atoms with van der Waals surface area (Å²) in [6.07, 6.45) is 0.539. The molecule has 0 saturated carbocycles. The molecule has 1 fully saturated rings. The van der Waals surface area contributed by atoms with E-state index in [0.29, 0.717) is 24.4 Å². The van der Waals surface area contributed by atoms with Crippen LogP contribution >= 0.6 is 0 Å². The number of nitrogens with zero attached hydrogens (tertiary/aromatic N) is 1. The van der Waals surface area contributed by atoms with E-state index in [-0.39, 0.29) is 17.1 Å². The summed E-state index contributed by atoms with van der Waals surface area (Å²) in [4.78, 5) is 12.3. The van der Waals surface area contributed by atoms with Gasteiger partial charge in [-0.3, -0.25) is 4.79 Å². The van der Waals surface area contributed by atoms with Crippen molar-refractivity contribution in [2.24, 2.45) is 0 Å². The predicted molar refractivity (Wildman–Crippen MR) is 106 cm³/mol. The maximum Gasteiger partial charge on any atom is 0.387 e. The Balaban J connectivity index is 0.000000367. The molecular formula is C21H25F2NO6. The first kappa shape index (κ1) is 22.0. The number of aromatic nitrogens is 1. The van der Waals surface area contributed by atoms with Crippen LogP contribution in [0.4, 0.5) is 8.78 Å². The Hall–Kier alpha value is -2.65. The Bertz CT molecular complexity index is 929. The number of alkyl halides is 2. The van der Waals surface area contributed by atoms with Crippen LogP contribution in [-0.4, -0.2) is 51.8 Å². The summed E-state index contributed by atoms with van der Waals surface area (Å²) in [5.41, 5.74) is 2.94. The van der Waals surface area contributed by atoms with Crippen molar-refractivity contribution >= 4 is 0 Å². The molecule has 0 atom stereocenters. The van der Waals surface area contributed by atoms with Crippen LogP contribution in [-0.2, 0) is 22.4 Å². The summed E-state index contributed by atoms with van der Waals surface area (Å²) in [7, 11) is 2.89. The number of benzene rings is 1. The van der Waals surface area contributed by atoms with Gasteiger partial charge in [-0.05, 0) is 31.0 Å². The van der Waals surface area contributed by atoms with E-state index < -0.39 is 6.61 Å². The monoisotopic (exact) mass is 425 g/mol. The average Bonchev–Trinajstić information content (AvgIpc) is 2.76. The summed E-state index contributed by atoms with van der Waals surface area (Å²) in [5.74, 6) is 0.672. The lowest BCUT2D eigenvalue weighted by Crippen LogP contribution is -2.27. The first-order valence-electron chi connectivity index (χ1n) is 9.56. The van der Waals surface area contributed by atoms with Gasteiger partial charge >= 0.3 is 6.61 Å². The van der Waals surface area contributed by atoms with E-state index in [2.05, 4.69) is 4.74 Å². The van der Waals surface area contributed by atoms with Crippen molar-refractivity contribution in [3.63, 3.8) is 0 Å². The van der Waals surface area contributed by atoms with Crippen molar-refractivity contribution in [2.45, 2.75) is 26.5 Å². The van der Waals surface area contributed by atoms with Gasteiger partial charge in [0.1, 0.15) is 5.75 Å². The van der Waals surface area contributed by atoms with E-state index in [4.69, 9.17) is 18.9 Å². The molecule has 0 amide bonds. The highest BCUT2D eigenvalue weighted by Gasteiger charge is 2.24. The zero-order chi connectivity index (χ0) is 21.7. The van der Waals surface area contributed by atoms with Crippen molar-refractivity contribution in [2.75, 3.05) is 40.6 Å². The fourth-order valence-electron chi connectivity index (χ4n) is 3.56. The van der Waals surface area contributed by atoms with Crippen molar-refractivity contribution in [3.8, 4) is 28.5 Å². The molecule has 3 heterocycles. The Morgan fingerprint density at radius 1 is 0.967 bits per heavy atom. The van der Waals surface area contributed by atoms with Crippen LogP contribution in [0.25, 0.3) is 11.3 Å². The van der Waals surface area contributed by atoms with Crippen LogP contribution in [0.2, 0.25) is 0 Å². The number of rotatable bonds is 4. The minimum absolute atomic E-state index is 0.0115. The maximum atomic E-state index is 12.6. The SMILES string of the molecule is C1COCCO1.COc1cc2c(cc1OC(F)F)CCn1c-2c(C)c(OC)cc1=O. The molecule has 1 aromatic carbocycles. The Kier molecular flexibility index (Phi) is 7.28. The highest BCUT2D eigenvalue weighted by Crippen LogP contribution is 2.41. The van der Waals surface area contributed by atoms with Gasteiger partial charge in [0, 0.05) is 23.7 Å². The lowest BCUT2D eigenvalue weighted by atomic mass is 9.93. The Morgan fingerprint density at radius 3 is 2.13 bits per heavy atom. The van der Waals surface area contributed by atoms with E-state index in [1.807, 2.05) is 6.92 Å². The molecule has 164 valence electrons. The smallest absolute Gasteiger partial charge is 0.387 e. The number of pyridine rings is 1. The molecule has 30 heavy (non-hydrogen) atoms. The van der Waals surface area contributed by atoms with Gasteiger partial charge in [-0.2, -0.15) is 8.78 Å². The van der Waals surface area contributed by atoms with Crippen molar-refractivity contribution in [1.29, 1.82) is 0 Å². The van der Waals surface area contributed by atoms with Crippen LogP contribution in [0.1, 0.15) is 11.1 Å². The highest BCUT2D eigenvalue weighted by atomic mass is 19.3. The molecule has 9 heteroatoms. The number of methoxy groups -OCH3 is 2. The third-order valence-electron chi connectivity index (χ3n) is 4.94. The van der Waals surface area contributed by atoms with Crippen LogP contribution < -0.4 is 19.8 Å². The first-order valence-corrected chi connectivity index (χ1v) is 9.56. The van der Waals surface area contributed by atoms with E-state index in [0.717, 1.165) is 43.1 Å². The highest BCUT2D eigenvalue weighted by molar-refractivity contribution is 5.74. The van der Waals surface area contributed by atoms with Crippen molar-refractivity contribution in [1.82, 2.24) is 4.57 Å². The molecule has 2 aliphatic rings. The molecule has 0 unspecified atom stereocenters. The number of halogens is 2. The summed E-state index contributed by atoms with van der Waals surface area (Å²) in [5, 5.41) is 0. The normalized spacial score (nSPS) is 14.9. The lowest BCUT2D eigenvalue weighted by Gasteiger charge is -2.26. The van der Waals surface area contributed by atoms with E-state index in [1.54, 1.807) is 16.7 Å². The van der Waals surface area contributed by atoms with Crippen LogP contribution in [0.3, 0.4) is 0 Å². The molecule has 0 spiro atoms. The largest absolute Gasteiger partial charge is 0.496 e. The van der Waals surface area contributed by atoms with E-state index in [1.165, 1.54) is 20.3 Å². The molecule has 1 aromatic heterocycles. The van der Waals surface area contributed by atoms with Gasteiger partial charge in [-0.15, -0.1) is 0 Å². The molecule has 0 aliphatic carbocycles. The van der Waals surface area contributed by atoms with Gasteiger partial charge in [0.15, 0.2) is 11.5 Å². The third kappa shape index (κ3) is 4.73. The molecule has 2 aliphatic heterocycles. The Labute approximate surface area is 173 Å². The average molecular weight is 425 g/mol. The number of fused-ring (bicyclic) bond motifs is 3. The van der Waals surface area contributed by atoms with E-state index >= 15 is 0 Å². The summed E-state index contributed by atoms with van der Waals surface area (Å²) < 4.78 is 51.7. The van der Waals surface area contributed by atoms with Gasteiger partial charge in [-0.25, -0.2) is 0 Å². The molecule has 1 saturated heterocycles. The minimum atomic E-state index is -2.93.